The molecule has 6 heteroatoms. The molecule has 148 valence electrons. The smallest absolute Gasteiger partial charge is 0.254 e. The summed E-state index contributed by atoms with van der Waals surface area (Å²) in [5.74, 6) is -0.0864. The van der Waals surface area contributed by atoms with E-state index in [4.69, 9.17) is 4.74 Å². The van der Waals surface area contributed by atoms with E-state index in [0.717, 1.165) is 28.9 Å². The summed E-state index contributed by atoms with van der Waals surface area (Å²) < 4.78 is 5.28. The van der Waals surface area contributed by atoms with Crippen molar-refractivity contribution in [2.45, 2.75) is 20.3 Å². The molecule has 0 aliphatic carbocycles. The second-order valence-corrected chi connectivity index (χ2v) is 6.85. The predicted octanol–water partition coefficient (Wildman–Crippen LogP) is 3.08. The van der Waals surface area contributed by atoms with Crippen LogP contribution in [-0.2, 0) is 16.0 Å². The molecule has 6 nitrogen and oxygen atoms in total. The lowest BCUT2D eigenvalue weighted by Gasteiger charge is -2.26. The molecule has 0 aromatic heterocycles. The zero-order valence-electron chi connectivity index (χ0n) is 16.5. The normalized spacial score (nSPS) is 13.9. The fourth-order valence-corrected chi connectivity index (χ4v) is 3.25. The highest BCUT2D eigenvalue weighted by molar-refractivity contribution is 5.96. The van der Waals surface area contributed by atoms with Crippen LogP contribution in [0.15, 0.2) is 42.5 Å². The number of carbonyl (C=O) groups excluding carboxylic acids is 2. The Balaban J connectivity index is 1.55. The minimum atomic E-state index is -0.0996. The second kappa shape index (κ2) is 9.37. The molecule has 0 unspecified atom stereocenters. The van der Waals surface area contributed by atoms with Gasteiger partial charge in [-0.25, -0.2) is 0 Å². The van der Waals surface area contributed by atoms with Gasteiger partial charge in [-0.3, -0.25) is 9.59 Å². The zero-order valence-corrected chi connectivity index (χ0v) is 16.5. The highest BCUT2D eigenvalue weighted by Gasteiger charge is 2.18. The Hall–Kier alpha value is -2.86. The van der Waals surface area contributed by atoms with Crippen molar-refractivity contribution < 1.29 is 14.3 Å². The van der Waals surface area contributed by atoms with E-state index in [1.54, 1.807) is 17.0 Å². The van der Waals surface area contributed by atoms with Crippen molar-refractivity contribution in [2.75, 3.05) is 43.5 Å². The quantitative estimate of drug-likeness (QED) is 0.807. The van der Waals surface area contributed by atoms with Gasteiger partial charge < -0.3 is 20.3 Å². The van der Waals surface area contributed by atoms with Gasteiger partial charge in [-0.05, 0) is 48.7 Å². The second-order valence-electron chi connectivity index (χ2n) is 6.85. The molecule has 2 aromatic carbocycles. The SMILES string of the molecule is CCc1cccc(C)c1NC(=O)CNc1ccc(C(=O)N2CCOCC2)cc1. The van der Waals surface area contributed by atoms with Crippen LogP contribution in [0.2, 0.25) is 0 Å². The van der Waals surface area contributed by atoms with E-state index in [0.29, 0.717) is 31.9 Å². The molecule has 28 heavy (non-hydrogen) atoms. The Morgan fingerprint density at radius 1 is 1.07 bits per heavy atom. The number of rotatable bonds is 6. The number of benzene rings is 2. The molecule has 0 atom stereocenters. The molecule has 2 aromatic rings. The van der Waals surface area contributed by atoms with Crippen LogP contribution in [0.4, 0.5) is 11.4 Å². The summed E-state index contributed by atoms with van der Waals surface area (Å²) >= 11 is 0. The number of ether oxygens (including phenoxy) is 1. The molecular weight excluding hydrogens is 354 g/mol. The molecule has 0 saturated carbocycles. The maximum atomic E-state index is 12.5. The molecule has 2 amide bonds. The molecular formula is C22H27N3O3. The number of carbonyl (C=O) groups is 2. The third-order valence-electron chi connectivity index (χ3n) is 4.89. The van der Waals surface area contributed by atoms with Crippen molar-refractivity contribution in [3.05, 3.63) is 59.2 Å². The first-order chi connectivity index (χ1) is 13.6. The fraction of sp³-hybridized carbons (Fsp3) is 0.364. The third kappa shape index (κ3) is 4.89. The van der Waals surface area contributed by atoms with E-state index in [2.05, 4.69) is 17.6 Å². The summed E-state index contributed by atoms with van der Waals surface area (Å²) in [4.78, 5) is 26.6. The van der Waals surface area contributed by atoms with Crippen LogP contribution >= 0.6 is 0 Å². The lowest BCUT2D eigenvalue weighted by Crippen LogP contribution is -2.40. The number of nitrogens with one attached hydrogen (secondary N) is 2. The molecule has 3 rings (SSSR count). The van der Waals surface area contributed by atoms with Crippen molar-refractivity contribution >= 4 is 23.2 Å². The Kier molecular flexibility index (Phi) is 6.66. The Labute approximate surface area is 165 Å². The van der Waals surface area contributed by atoms with Gasteiger partial charge in [-0.1, -0.05) is 25.1 Å². The van der Waals surface area contributed by atoms with Gasteiger partial charge >= 0.3 is 0 Å². The van der Waals surface area contributed by atoms with Gasteiger partial charge in [0, 0.05) is 30.0 Å². The topological polar surface area (TPSA) is 70.7 Å². The number of anilines is 2. The third-order valence-corrected chi connectivity index (χ3v) is 4.89. The fourth-order valence-electron chi connectivity index (χ4n) is 3.25. The Bertz CT molecular complexity index is 827. The van der Waals surface area contributed by atoms with Crippen molar-refractivity contribution in [3.8, 4) is 0 Å². The number of nitrogens with zero attached hydrogens (tertiary/aromatic N) is 1. The Morgan fingerprint density at radius 3 is 2.46 bits per heavy atom. The number of aryl methyl sites for hydroxylation is 2. The molecule has 0 spiro atoms. The molecule has 1 saturated heterocycles. The van der Waals surface area contributed by atoms with Gasteiger partial charge in [0.05, 0.1) is 19.8 Å². The van der Waals surface area contributed by atoms with Crippen LogP contribution in [0, 0.1) is 6.92 Å². The molecule has 2 N–H and O–H groups in total. The van der Waals surface area contributed by atoms with Crippen molar-refractivity contribution in [1.29, 1.82) is 0 Å². The van der Waals surface area contributed by atoms with E-state index in [-0.39, 0.29) is 18.4 Å². The standard InChI is InChI=1S/C22H27N3O3/c1-3-17-6-4-5-16(2)21(17)24-20(26)15-23-19-9-7-18(8-10-19)22(27)25-11-13-28-14-12-25/h4-10,23H,3,11-15H2,1-2H3,(H,24,26). The number of hydrogen-bond donors (Lipinski definition) is 2. The summed E-state index contributed by atoms with van der Waals surface area (Å²) in [6.07, 6.45) is 0.864. The highest BCUT2D eigenvalue weighted by Crippen LogP contribution is 2.21. The summed E-state index contributed by atoms with van der Waals surface area (Å²) in [7, 11) is 0. The van der Waals surface area contributed by atoms with Gasteiger partial charge in [-0.15, -0.1) is 0 Å². The number of morpholine rings is 1. The molecule has 1 aliphatic heterocycles. The Morgan fingerprint density at radius 2 is 1.79 bits per heavy atom. The largest absolute Gasteiger partial charge is 0.378 e. The van der Waals surface area contributed by atoms with E-state index in [1.165, 1.54) is 0 Å². The predicted molar refractivity (Wildman–Crippen MR) is 111 cm³/mol. The molecule has 0 bridgehead atoms. The first-order valence-electron chi connectivity index (χ1n) is 9.67. The molecule has 1 heterocycles. The summed E-state index contributed by atoms with van der Waals surface area (Å²) in [5, 5.41) is 6.11. The van der Waals surface area contributed by atoms with Crippen molar-refractivity contribution in [3.63, 3.8) is 0 Å². The van der Waals surface area contributed by atoms with Crippen LogP contribution in [0.3, 0.4) is 0 Å². The number of hydrogen-bond acceptors (Lipinski definition) is 4. The molecule has 1 fully saturated rings. The van der Waals surface area contributed by atoms with E-state index >= 15 is 0 Å². The van der Waals surface area contributed by atoms with Gasteiger partial charge in [0.1, 0.15) is 0 Å². The van der Waals surface area contributed by atoms with Gasteiger partial charge in [0.2, 0.25) is 5.91 Å². The molecule has 1 aliphatic rings. The van der Waals surface area contributed by atoms with E-state index in [9.17, 15) is 9.59 Å². The maximum Gasteiger partial charge on any atom is 0.254 e. The van der Waals surface area contributed by atoms with Crippen LogP contribution in [0.5, 0.6) is 0 Å². The van der Waals surface area contributed by atoms with Crippen LogP contribution < -0.4 is 10.6 Å². The minimum Gasteiger partial charge on any atom is -0.378 e. The lowest BCUT2D eigenvalue weighted by molar-refractivity contribution is -0.114. The average Bonchev–Trinajstić information content (AvgIpc) is 2.74. The van der Waals surface area contributed by atoms with E-state index in [1.807, 2.05) is 37.3 Å². The van der Waals surface area contributed by atoms with Crippen LogP contribution in [0.25, 0.3) is 0 Å². The lowest BCUT2D eigenvalue weighted by atomic mass is 10.1. The first-order valence-corrected chi connectivity index (χ1v) is 9.67. The van der Waals surface area contributed by atoms with Gasteiger partial charge in [-0.2, -0.15) is 0 Å². The summed E-state index contributed by atoms with van der Waals surface area (Å²) in [5.41, 5.74) is 4.51. The number of amides is 2. The summed E-state index contributed by atoms with van der Waals surface area (Å²) in [6, 6.07) is 13.2. The maximum absolute atomic E-state index is 12.5. The number of para-hydroxylation sites is 1. The summed E-state index contributed by atoms with van der Waals surface area (Å²) in [6.45, 7) is 6.64. The molecule has 0 radical (unpaired) electrons. The van der Waals surface area contributed by atoms with Crippen molar-refractivity contribution in [1.82, 2.24) is 4.90 Å². The monoisotopic (exact) mass is 381 g/mol. The van der Waals surface area contributed by atoms with Gasteiger partial charge in [0.15, 0.2) is 0 Å². The van der Waals surface area contributed by atoms with Crippen LogP contribution in [0.1, 0.15) is 28.4 Å². The van der Waals surface area contributed by atoms with Crippen LogP contribution in [-0.4, -0.2) is 49.6 Å². The highest BCUT2D eigenvalue weighted by atomic mass is 16.5. The minimum absolute atomic E-state index is 0.0132. The van der Waals surface area contributed by atoms with Gasteiger partial charge in [0.25, 0.3) is 5.91 Å². The zero-order chi connectivity index (χ0) is 19.9. The van der Waals surface area contributed by atoms with E-state index < -0.39 is 0 Å². The van der Waals surface area contributed by atoms with Crippen molar-refractivity contribution in [2.24, 2.45) is 0 Å². The average molecular weight is 381 g/mol. The first kappa shape index (κ1) is 19.9.